The van der Waals surface area contributed by atoms with Gasteiger partial charge in [-0.3, -0.25) is 4.79 Å². The highest BCUT2D eigenvalue weighted by Crippen LogP contribution is 2.17. The summed E-state index contributed by atoms with van der Waals surface area (Å²) in [5, 5.41) is 4.22. The molecular formula is C13H16F2N2O3. The number of carbonyl (C=O) groups excluding carboxylic acids is 2. The minimum absolute atomic E-state index is 0.456. The van der Waals surface area contributed by atoms with Gasteiger partial charge in [0.15, 0.2) is 0 Å². The van der Waals surface area contributed by atoms with E-state index >= 15 is 0 Å². The van der Waals surface area contributed by atoms with Gasteiger partial charge in [-0.2, -0.15) is 0 Å². The van der Waals surface area contributed by atoms with Gasteiger partial charge in [0.05, 0.1) is 0 Å². The molecular weight excluding hydrogens is 270 g/mol. The standard InChI is InChI=1S/C13H16F2N2O3/c1-13(2,3)20-12(19)16-7-10(18)17-11-8(14)5-4-6-9(11)15/h4-6H,7H2,1-3H3,(H,16,19)(H,17,18). The van der Waals surface area contributed by atoms with E-state index in [4.69, 9.17) is 4.74 Å². The zero-order valence-corrected chi connectivity index (χ0v) is 11.4. The van der Waals surface area contributed by atoms with Crippen LogP contribution in [0, 0.1) is 11.6 Å². The van der Waals surface area contributed by atoms with Crippen molar-refractivity contribution < 1.29 is 23.1 Å². The highest BCUT2D eigenvalue weighted by Gasteiger charge is 2.17. The van der Waals surface area contributed by atoms with Gasteiger partial charge in [0.2, 0.25) is 5.91 Å². The highest BCUT2D eigenvalue weighted by molar-refractivity contribution is 5.94. The van der Waals surface area contributed by atoms with Crippen LogP contribution >= 0.6 is 0 Å². The average Bonchev–Trinajstić information content (AvgIpc) is 2.29. The first-order valence-electron chi connectivity index (χ1n) is 5.90. The lowest BCUT2D eigenvalue weighted by atomic mass is 10.2. The predicted octanol–water partition coefficient (Wildman–Crippen LogP) is 2.43. The van der Waals surface area contributed by atoms with Gasteiger partial charge in [0.25, 0.3) is 0 Å². The summed E-state index contributed by atoms with van der Waals surface area (Å²) in [4.78, 5) is 22.8. The first kappa shape index (κ1) is 15.9. The van der Waals surface area contributed by atoms with Gasteiger partial charge in [-0.05, 0) is 32.9 Å². The van der Waals surface area contributed by atoms with Crippen LogP contribution in [0.5, 0.6) is 0 Å². The monoisotopic (exact) mass is 286 g/mol. The summed E-state index contributed by atoms with van der Waals surface area (Å²) in [5.74, 6) is -2.55. The molecule has 110 valence electrons. The van der Waals surface area contributed by atoms with Crippen LogP contribution in [0.4, 0.5) is 19.3 Å². The fourth-order valence-electron chi connectivity index (χ4n) is 1.27. The Labute approximate surface area is 115 Å². The van der Waals surface area contributed by atoms with Crippen LogP contribution in [0.1, 0.15) is 20.8 Å². The first-order valence-corrected chi connectivity index (χ1v) is 5.90. The van der Waals surface area contributed by atoms with Crippen LogP contribution in [0.25, 0.3) is 0 Å². The maximum absolute atomic E-state index is 13.3. The van der Waals surface area contributed by atoms with Gasteiger partial charge in [0.1, 0.15) is 29.5 Å². The quantitative estimate of drug-likeness (QED) is 0.896. The van der Waals surface area contributed by atoms with E-state index in [-0.39, 0.29) is 0 Å². The molecule has 7 heteroatoms. The normalized spacial score (nSPS) is 10.8. The van der Waals surface area contributed by atoms with E-state index in [1.807, 2.05) is 5.32 Å². The van der Waals surface area contributed by atoms with Crippen molar-refractivity contribution in [2.75, 3.05) is 11.9 Å². The molecule has 0 aliphatic heterocycles. The number of hydrogen-bond acceptors (Lipinski definition) is 3. The summed E-state index contributed by atoms with van der Waals surface area (Å²) in [7, 11) is 0. The molecule has 0 fully saturated rings. The molecule has 0 aromatic heterocycles. The number of carbonyl (C=O) groups is 2. The SMILES string of the molecule is CC(C)(C)OC(=O)NCC(=O)Nc1c(F)cccc1F. The average molecular weight is 286 g/mol. The molecule has 1 aromatic rings. The summed E-state index contributed by atoms with van der Waals surface area (Å²) in [6.07, 6.45) is -0.790. The van der Waals surface area contributed by atoms with Crippen LogP contribution in [0.15, 0.2) is 18.2 Å². The van der Waals surface area contributed by atoms with E-state index in [0.29, 0.717) is 0 Å². The lowest BCUT2D eigenvalue weighted by molar-refractivity contribution is -0.115. The third kappa shape index (κ3) is 5.21. The number of nitrogens with one attached hydrogen (secondary N) is 2. The molecule has 0 saturated carbocycles. The molecule has 5 nitrogen and oxygen atoms in total. The number of alkyl carbamates (subject to hydrolysis) is 1. The molecule has 0 aliphatic carbocycles. The Balaban J connectivity index is 2.51. The maximum atomic E-state index is 13.3. The molecule has 2 N–H and O–H groups in total. The smallest absolute Gasteiger partial charge is 0.408 e. The second-order valence-electron chi connectivity index (χ2n) is 5.00. The predicted molar refractivity (Wildman–Crippen MR) is 69.2 cm³/mol. The van der Waals surface area contributed by atoms with Gasteiger partial charge in [0, 0.05) is 0 Å². The molecule has 0 unspecified atom stereocenters. The van der Waals surface area contributed by atoms with Gasteiger partial charge < -0.3 is 15.4 Å². The van der Waals surface area contributed by atoms with Crippen LogP contribution in [0.3, 0.4) is 0 Å². The molecule has 0 atom stereocenters. The summed E-state index contributed by atoms with van der Waals surface area (Å²) in [6, 6.07) is 3.21. The zero-order chi connectivity index (χ0) is 15.3. The van der Waals surface area contributed by atoms with Crippen molar-refractivity contribution in [1.82, 2.24) is 5.32 Å². The van der Waals surface area contributed by atoms with Crippen molar-refractivity contribution in [2.45, 2.75) is 26.4 Å². The lowest BCUT2D eigenvalue weighted by Gasteiger charge is -2.19. The Morgan fingerprint density at radius 2 is 1.75 bits per heavy atom. The Kier molecular flexibility index (Phi) is 5.01. The molecule has 0 saturated heterocycles. The second-order valence-corrected chi connectivity index (χ2v) is 5.00. The van der Waals surface area contributed by atoms with Crippen molar-refractivity contribution in [3.05, 3.63) is 29.8 Å². The van der Waals surface area contributed by atoms with E-state index in [0.717, 1.165) is 12.1 Å². The summed E-state index contributed by atoms with van der Waals surface area (Å²) < 4.78 is 31.4. The molecule has 1 rings (SSSR count). The Morgan fingerprint density at radius 1 is 1.20 bits per heavy atom. The van der Waals surface area contributed by atoms with Crippen LogP contribution in [0.2, 0.25) is 0 Å². The first-order chi connectivity index (χ1) is 9.19. The van der Waals surface area contributed by atoms with Crippen molar-refractivity contribution >= 4 is 17.7 Å². The van der Waals surface area contributed by atoms with E-state index in [9.17, 15) is 18.4 Å². The number of rotatable bonds is 3. The van der Waals surface area contributed by atoms with Gasteiger partial charge >= 0.3 is 6.09 Å². The number of halogens is 2. The Hall–Kier alpha value is -2.18. The number of para-hydroxylation sites is 1. The maximum Gasteiger partial charge on any atom is 0.408 e. The molecule has 0 heterocycles. The summed E-state index contributed by atoms with van der Waals surface area (Å²) in [6.45, 7) is 4.55. The molecule has 0 bridgehead atoms. The number of anilines is 1. The third-order valence-corrected chi connectivity index (χ3v) is 2.02. The van der Waals surface area contributed by atoms with Gasteiger partial charge in [-0.15, -0.1) is 0 Å². The molecule has 20 heavy (non-hydrogen) atoms. The topological polar surface area (TPSA) is 67.4 Å². The highest BCUT2D eigenvalue weighted by atomic mass is 19.1. The van der Waals surface area contributed by atoms with Crippen molar-refractivity contribution in [2.24, 2.45) is 0 Å². The number of hydrogen-bond donors (Lipinski definition) is 2. The van der Waals surface area contributed by atoms with Crippen LogP contribution in [-0.2, 0) is 9.53 Å². The fourth-order valence-corrected chi connectivity index (χ4v) is 1.27. The number of benzene rings is 1. The van der Waals surface area contributed by atoms with E-state index in [1.54, 1.807) is 20.8 Å². The number of ether oxygens (including phenoxy) is 1. The molecule has 0 spiro atoms. The van der Waals surface area contributed by atoms with Crippen LogP contribution < -0.4 is 10.6 Å². The molecule has 0 aliphatic rings. The minimum Gasteiger partial charge on any atom is -0.444 e. The molecule has 0 radical (unpaired) electrons. The molecule has 1 aromatic carbocycles. The Morgan fingerprint density at radius 3 is 2.25 bits per heavy atom. The fraction of sp³-hybridized carbons (Fsp3) is 0.385. The van der Waals surface area contributed by atoms with Crippen molar-refractivity contribution in [1.29, 1.82) is 0 Å². The summed E-state index contributed by atoms with van der Waals surface area (Å²) >= 11 is 0. The molecule has 2 amide bonds. The van der Waals surface area contributed by atoms with E-state index in [2.05, 4.69) is 5.32 Å². The largest absolute Gasteiger partial charge is 0.444 e. The number of amides is 2. The minimum atomic E-state index is -0.893. The van der Waals surface area contributed by atoms with E-state index < -0.39 is 41.5 Å². The van der Waals surface area contributed by atoms with Crippen LogP contribution in [-0.4, -0.2) is 24.1 Å². The van der Waals surface area contributed by atoms with Gasteiger partial charge in [-0.25, -0.2) is 13.6 Å². The third-order valence-electron chi connectivity index (χ3n) is 2.02. The van der Waals surface area contributed by atoms with Crippen molar-refractivity contribution in [3.63, 3.8) is 0 Å². The summed E-state index contributed by atoms with van der Waals surface area (Å²) in [5.41, 5.74) is -1.25. The van der Waals surface area contributed by atoms with E-state index in [1.165, 1.54) is 6.07 Å². The lowest BCUT2D eigenvalue weighted by Crippen LogP contribution is -2.37. The zero-order valence-electron chi connectivity index (χ0n) is 11.4. The van der Waals surface area contributed by atoms with Crippen molar-refractivity contribution in [3.8, 4) is 0 Å². The second kappa shape index (κ2) is 6.31. The van der Waals surface area contributed by atoms with Gasteiger partial charge in [-0.1, -0.05) is 6.07 Å². The Bertz CT molecular complexity index is 493.